The monoisotopic (exact) mass is 293 g/mol. The van der Waals surface area contributed by atoms with E-state index in [1.165, 1.54) is 17.7 Å². The van der Waals surface area contributed by atoms with Crippen molar-refractivity contribution < 1.29 is 13.2 Å². The van der Waals surface area contributed by atoms with Crippen LogP contribution in [-0.2, 0) is 12.7 Å². The van der Waals surface area contributed by atoms with Crippen molar-refractivity contribution in [1.29, 1.82) is 0 Å². The van der Waals surface area contributed by atoms with Crippen LogP contribution in [0, 0.1) is 6.92 Å². The lowest BCUT2D eigenvalue weighted by Crippen LogP contribution is -2.19. The molecule has 4 heteroatoms. The first-order valence-electron chi connectivity index (χ1n) is 6.83. The van der Waals surface area contributed by atoms with Gasteiger partial charge in [0.15, 0.2) is 0 Å². The van der Waals surface area contributed by atoms with Crippen LogP contribution < -0.4 is 5.32 Å². The molecule has 0 saturated heterocycles. The smallest absolute Gasteiger partial charge is 0.306 e. The first-order chi connectivity index (χ1) is 9.88. The number of hydrogen-bond acceptors (Lipinski definition) is 1. The minimum absolute atomic E-state index is 0.0840. The van der Waals surface area contributed by atoms with Crippen LogP contribution in [0.25, 0.3) is 0 Å². The van der Waals surface area contributed by atoms with Crippen LogP contribution in [0.2, 0.25) is 0 Å². The summed E-state index contributed by atoms with van der Waals surface area (Å²) in [6.07, 6.45) is -4.29. The number of hydrogen-bond donors (Lipinski definition) is 1. The topological polar surface area (TPSA) is 12.0 Å². The van der Waals surface area contributed by atoms with Crippen molar-refractivity contribution in [2.45, 2.75) is 32.6 Å². The molecule has 0 amide bonds. The lowest BCUT2D eigenvalue weighted by molar-refractivity contribution is -0.137. The van der Waals surface area contributed by atoms with Gasteiger partial charge in [0.1, 0.15) is 0 Å². The van der Waals surface area contributed by atoms with Gasteiger partial charge in [-0.3, -0.25) is 0 Å². The largest absolute Gasteiger partial charge is 0.416 e. The van der Waals surface area contributed by atoms with Gasteiger partial charge in [-0.05, 0) is 36.6 Å². The summed E-state index contributed by atoms with van der Waals surface area (Å²) >= 11 is 0. The number of aryl methyl sites for hydroxylation is 1. The molecule has 0 radical (unpaired) electrons. The molecule has 0 aromatic heterocycles. The Morgan fingerprint density at radius 1 is 1.05 bits per heavy atom. The molecule has 2 aromatic carbocycles. The number of benzene rings is 2. The van der Waals surface area contributed by atoms with Crippen molar-refractivity contribution in [2.24, 2.45) is 0 Å². The van der Waals surface area contributed by atoms with Crippen LogP contribution >= 0.6 is 0 Å². The van der Waals surface area contributed by atoms with Gasteiger partial charge in [-0.2, -0.15) is 13.2 Å². The first kappa shape index (κ1) is 15.6. The zero-order valence-electron chi connectivity index (χ0n) is 12.0. The summed E-state index contributed by atoms with van der Waals surface area (Å²) in [4.78, 5) is 0. The van der Waals surface area contributed by atoms with Gasteiger partial charge in [0.25, 0.3) is 0 Å². The Labute approximate surface area is 122 Å². The standard InChI is InChI=1S/C17H18F3N/c1-12-6-3-4-9-16(12)13(2)21-11-14-7-5-8-15(10-14)17(18,19)20/h3-10,13,21H,11H2,1-2H3/t13-/m0/s1. The van der Waals surface area contributed by atoms with Crippen LogP contribution in [0.4, 0.5) is 13.2 Å². The van der Waals surface area contributed by atoms with E-state index in [-0.39, 0.29) is 6.04 Å². The third-order valence-electron chi connectivity index (χ3n) is 3.52. The number of rotatable bonds is 4. The highest BCUT2D eigenvalue weighted by Gasteiger charge is 2.30. The van der Waals surface area contributed by atoms with Crippen LogP contribution in [-0.4, -0.2) is 0 Å². The lowest BCUT2D eigenvalue weighted by Gasteiger charge is -2.17. The van der Waals surface area contributed by atoms with Crippen molar-refractivity contribution in [3.63, 3.8) is 0 Å². The van der Waals surface area contributed by atoms with E-state index in [9.17, 15) is 13.2 Å². The van der Waals surface area contributed by atoms with Gasteiger partial charge in [-0.25, -0.2) is 0 Å². The van der Waals surface area contributed by atoms with E-state index in [4.69, 9.17) is 0 Å². The van der Waals surface area contributed by atoms with Crippen molar-refractivity contribution in [2.75, 3.05) is 0 Å². The van der Waals surface area contributed by atoms with E-state index in [0.29, 0.717) is 12.1 Å². The fraction of sp³-hybridized carbons (Fsp3) is 0.294. The summed E-state index contributed by atoms with van der Waals surface area (Å²) in [6.45, 7) is 4.44. The Hall–Kier alpha value is -1.81. The number of halogens is 3. The SMILES string of the molecule is Cc1ccccc1[C@H](C)NCc1cccc(C(F)(F)F)c1. The maximum Gasteiger partial charge on any atom is 0.416 e. The fourth-order valence-electron chi connectivity index (χ4n) is 2.31. The molecule has 2 aromatic rings. The minimum atomic E-state index is -4.29. The molecule has 2 rings (SSSR count). The molecule has 0 saturated carbocycles. The summed E-state index contributed by atoms with van der Waals surface area (Å²) in [7, 11) is 0. The van der Waals surface area contributed by atoms with Gasteiger partial charge in [-0.1, -0.05) is 42.5 Å². The van der Waals surface area contributed by atoms with Gasteiger partial charge in [-0.15, -0.1) is 0 Å². The number of nitrogens with one attached hydrogen (secondary N) is 1. The Kier molecular flexibility index (Phi) is 4.68. The molecule has 21 heavy (non-hydrogen) atoms. The van der Waals surface area contributed by atoms with Gasteiger partial charge in [0.05, 0.1) is 5.56 Å². The van der Waals surface area contributed by atoms with Crippen molar-refractivity contribution in [3.05, 3.63) is 70.8 Å². The van der Waals surface area contributed by atoms with Crippen LogP contribution in [0.15, 0.2) is 48.5 Å². The van der Waals surface area contributed by atoms with E-state index in [0.717, 1.165) is 11.6 Å². The fourth-order valence-corrected chi connectivity index (χ4v) is 2.31. The maximum absolute atomic E-state index is 12.7. The molecule has 0 heterocycles. The average molecular weight is 293 g/mol. The van der Waals surface area contributed by atoms with Crippen molar-refractivity contribution in [3.8, 4) is 0 Å². The molecule has 0 aliphatic rings. The molecule has 112 valence electrons. The Balaban J connectivity index is 2.05. The molecule has 1 N–H and O–H groups in total. The Morgan fingerprint density at radius 2 is 1.76 bits per heavy atom. The molecule has 0 fully saturated rings. The van der Waals surface area contributed by atoms with Crippen LogP contribution in [0.1, 0.15) is 35.2 Å². The molecule has 0 bridgehead atoms. The zero-order chi connectivity index (χ0) is 15.5. The second-order valence-electron chi connectivity index (χ2n) is 5.16. The molecule has 0 unspecified atom stereocenters. The molecule has 0 aliphatic carbocycles. The summed E-state index contributed by atoms with van der Waals surface area (Å²) in [5.41, 5.74) is 2.35. The Bertz CT molecular complexity index is 605. The predicted octanol–water partition coefficient (Wildman–Crippen LogP) is 4.86. The highest BCUT2D eigenvalue weighted by atomic mass is 19.4. The highest BCUT2D eigenvalue weighted by Crippen LogP contribution is 2.29. The summed E-state index contributed by atoms with van der Waals surface area (Å²) in [6, 6.07) is 13.5. The molecular formula is C17H18F3N. The molecule has 0 spiro atoms. The van der Waals surface area contributed by atoms with E-state index in [1.807, 2.05) is 38.1 Å². The van der Waals surface area contributed by atoms with Crippen molar-refractivity contribution >= 4 is 0 Å². The average Bonchev–Trinajstić information content (AvgIpc) is 2.45. The first-order valence-corrected chi connectivity index (χ1v) is 6.83. The third kappa shape index (κ3) is 4.08. The molecule has 1 nitrogen and oxygen atoms in total. The second-order valence-corrected chi connectivity index (χ2v) is 5.16. The van der Waals surface area contributed by atoms with Crippen molar-refractivity contribution in [1.82, 2.24) is 5.32 Å². The zero-order valence-corrected chi connectivity index (χ0v) is 12.0. The van der Waals surface area contributed by atoms with Gasteiger partial charge < -0.3 is 5.32 Å². The number of alkyl halides is 3. The predicted molar refractivity (Wildman–Crippen MR) is 77.9 cm³/mol. The lowest BCUT2D eigenvalue weighted by atomic mass is 10.0. The van der Waals surface area contributed by atoms with E-state index >= 15 is 0 Å². The normalized spacial score (nSPS) is 13.2. The maximum atomic E-state index is 12.7. The highest BCUT2D eigenvalue weighted by molar-refractivity contribution is 5.29. The van der Waals surface area contributed by atoms with E-state index in [2.05, 4.69) is 5.32 Å². The van der Waals surface area contributed by atoms with Gasteiger partial charge in [0, 0.05) is 12.6 Å². The second kappa shape index (κ2) is 6.31. The van der Waals surface area contributed by atoms with Crippen LogP contribution in [0.3, 0.4) is 0 Å². The van der Waals surface area contributed by atoms with E-state index < -0.39 is 11.7 Å². The third-order valence-corrected chi connectivity index (χ3v) is 3.52. The van der Waals surface area contributed by atoms with E-state index in [1.54, 1.807) is 6.07 Å². The van der Waals surface area contributed by atoms with Gasteiger partial charge in [0.2, 0.25) is 0 Å². The van der Waals surface area contributed by atoms with Crippen LogP contribution in [0.5, 0.6) is 0 Å². The van der Waals surface area contributed by atoms with Gasteiger partial charge >= 0.3 is 6.18 Å². The summed E-state index contributed by atoms with van der Waals surface area (Å²) in [5.74, 6) is 0. The minimum Gasteiger partial charge on any atom is -0.306 e. The molecule has 0 aliphatic heterocycles. The summed E-state index contributed by atoms with van der Waals surface area (Å²) < 4.78 is 38.0. The molecular weight excluding hydrogens is 275 g/mol. The Morgan fingerprint density at radius 3 is 2.43 bits per heavy atom. The quantitative estimate of drug-likeness (QED) is 0.848. The molecule has 1 atom stereocenters. The summed E-state index contributed by atoms with van der Waals surface area (Å²) in [5, 5.41) is 3.27.